The fourth-order valence-electron chi connectivity index (χ4n) is 2.81. The van der Waals surface area contributed by atoms with Gasteiger partial charge in [0.05, 0.1) is 0 Å². The van der Waals surface area contributed by atoms with Gasteiger partial charge in [-0.3, -0.25) is 4.79 Å². The van der Waals surface area contributed by atoms with E-state index < -0.39 is 6.04 Å². The maximum Gasteiger partial charge on any atom is 0.241 e. The summed E-state index contributed by atoms with van der Waals surface area (Å²) in [4.78, 5) is 12.2. The lowest BCUT2D eigenvalue weighted by atomic mass is 9.94. The molecule has 1 atom stereocenters. The van der Waals surface area contributed by atoms with Gasteiger partial charge in [0.25, 0.3) is 0 Å². The first-order chi connectivity index (χ1) is 9.42. The molecule has 3 N–H and O–H groups in total. The molecule has 1 aromatic carbocycles. The largest absolute Gasteiger partial charge is 0.354 e. The molecule has 1 unspecified atom stereocenters. The molecule has 1 aliphatic carbocycles. The molecule has 0 heterocycles. The number of nitrogens with two attached hydrogens (primary N) is 1. The van der Waals surface area contributed by atoms with Crippen molar-refractivity contribution in [2.75, 3.05) is 6.54 Å². The number of rotatable bonds is 6. The van der Waals surface area contributed by atoms with E-state index in [0.717, 1.165) is 12.1 Å². The molecule has 1 aromatic rings. The highest BCUT2D eigenvalue weighted by atomic mass is 16.2. The molecule has 3 nitrogen and oxygen atoms in total. The van der Waals surface area contributed by atoms with Gasteiger partial charge in [-0.05, 0) is 43.1 Å². The zero-order chi connectivity index (χ0) is 14.8. The molecular formula is C17H26N2O. The molecule has 0 radical (unpaired) electrons. The lowest BCUT2D eigenvalue weighted by molar-refractivity contribution is -0.122. The van der Waals surface area contributed by atoms with Gasteiger partial charge < -0.3 is 11.1 Å². The Labute approximate surface area is 121 Å². The van der Waals surface area contributed by atoms with E-state index in [2.05, 4.69) is 19.2 Å². The Morgan fingerprint density at radius 1 is 1.30 bits per heavy atom. The molecule has 20 heavy (non-hydrogen) atoms. The summed E-state index contributed by atoms with van der Waals surface area (Å²) in [5.74, 6) is 0.615. The van der Waals surface area contributed by atoms with E-state index >= 15 is 0 Å². The summed E-state index contributed by atoms with van der Waals surface area (Å²) in [5.41, 5.74) is 8.42. The predicted molar refractivity (Wildman–Crippen MR) is 82.2 cm³/mol. The van der Waals surface area contributed by atoms with Crippen LogP contribution in [0.2, 0.25) is 0 Å². The molecule has 0 spiro atoms. The van der Waals surface area contributed by atoms with Crippen LogP contribution in [0.4, 0.5) is 0 Å². The Bertz CT molecular complexity index is 460. The average molecular weight is 274 g/mol. The minimum absolute atomic E-state index is 0.0658. The summed E-state index contributed by atoms with van der Waals surface area (Å²) in [5, 5.41) is 3.04. The van der Waals surface area contributed by atoms with Crippen molar-refractivity contribution < 1.29 is 4.79 Å². The van der Waals surface area contributed by atoms with Crippen LogP contribution in [0.1, 0.15) is 50.3 Å². The number of hydrogen-bond acceptors (Lipinski definition) is 2. The van der Waals surface area contributed by atoms with Gasteiger partial charge in [-0.25, -0.2) is 0 Å². The number of carbonyl (C=O) groups excluding carboxylic acids is 1. The summed E-state index contributed by atoms with van der Waals surface area (Å²) < 4.78 is 0. The van der Waals surface area contributed by atoms with Crippen LogP contribution in [-0.2, 0) is 4.79 Å². The maximum atomic E-state index is 12.2. The summed E-state index contributed by atoms with van der Waals surface area (Å²) in [6.07, 6.45) is 3.64. The fourth-order valence-corrected chi connectivity index (χ4v) is 2.81. The highest BCUT2D eigenvalue weighted by Crippen LogP contribution is 2.50. The second-order valence-electron chi connectivity index (χ2n) is 6.70. The Hall–Kier alpha value is -1.35. The third-order valence-corrected chi connectivity index (χ3v) is 4.15. The number of carbonyl (C=O) groups is 1. The third-order valence-electron chi connectivity index (χ3n) is 4.15. The molecule has 1 amide bonds. The van der Waals surface area contributed by atoms with Crippen molar-refractivity contribution in [1.29, 1.82) is 0 Å². The zero-order valence-corrected chi connectivity index (χ0v) is 12.8. The van der Waals surface area contributed by atoms with Gasteiger partial charge in [0, 0.05) is 6.54 Å². The number of hydrogen-bond donors (Lipinski definition) is 2. The van der Waals surface area contributed by atoms with Crippen molar-refractivity contribution in [1.82, 2.24) is 5.32 Å². The summed E-state index contributed by atoms with van der Waals surface area (Å²) in [6, 6.07) is 7.28. The predicted octanol–water partition coefficient (Wildman–Crippen LogP) is 2.94. The van der Waals surface area contributed by atoms with Crippen LogP contribution in [0.25, 0.3) is 0 Å². The van der Waals surface area contributed by atoms with Crippen molar-refractivity contribution >= 4 is 5.91 Å². The van der Waals surface area contributed by atoms with Crippen LogP contribution in [0.15, 0.2) is 24.3 Å². The van der Waals surface area contributed by atoms with Crippen LogP contribution in [0.3, 0.4) is 0 Å². The van der Waals surface area contributed by atoms with E-state index in [1.54, 1.807) is 0 Å². The van der Waals surface area contributed by atoms with Crippen molar-refractivity contribution in [2.45, 2.75) is 46.1 Å². The average Bonchev–Trinajstić information content (AvgIpc) is 3.15. The van der Waals surface area contributed by atoms with E-state index in [4.69, 9.17) is 5.73 Å². The molecule has 1 saturated carbocycles. The van der Waals surface area contributed by atoms with E-state index in [9.17, 15) is 4.79 Å². The molecule has 2 rings (SSSR count). The first-order valence-electron chi connectivity index (χ1n) is 7.52. The lowest BCUT2D eigenvalue weighted by Crippen LogP contribution is -2.37. The minimum atomic E-state index is -0.564. The second-order valence-corrected chi connectivity index (χ2v) is 6.70. The fraction of sp³-hybridized carbons (Fsp3) is 0.588. The SMILES string of the molecule is Cc1ccc(C(N)C(=O)NCC2(CC(C)C)CC2)cc1. The normalized spacial score (nSPS) is 17.9. The van der Waals surface area contributed by atoms with Gasteiger partial charge in [0.1, 0.15) is 6.04 Å². The number of nitrogens with one attached hydrogen (secondary N) is 1. The van der Waals surface area contributed by atoms with Gasteiger partial charge >= 0.3 is 0 Å². The molecule has 1 aliphatic rings. The molecule has 110 valence electrons. The second kappa shape index (κ2) is 5.96. The monoisotopic (exact) mass is 274 g/mol. The highest BCUT2D eigenvalue weighted by Gasteiger charge is 2.42. The molecule has 0 aliphatic heterocycles. The Morgan fingerprint density at radius 2 is 1.90 bits per heavy atom. The van der Waals surface area contributed by atoms with E-state index in [-0.39, 0.29) is 5.91 Å². The Balaban J connectivity index is 1.87. The Morgan fingerprint density at radius 3 is 2.40 bits per heavy atom. The topological polar surface area (TPSA) is 55.1 Å². The molecular weight excluding hydrogens is 248 g/mol. The van der Waals surface area contributed by atoms with Crippen LogP contribution in [-0.4, -0.2) is 12.5 Å². The van der Waals surface area contributed by atoms with E-state index in [0.29, 0.717) is 11.3 Å². The van der Waals surface area contributed by atoms with E-state index in [1.165, 1.54) is 24.8 Å². The summed E-state index contributed by atoms with van der Waals surface area (Å²) in [7, 11) is 0. The lowest BCUT2D eigenvalue weighted by Gasteiger charge is -2.20. The van der Waals surface area contributed by atoms with Gasteiger partial charge in [-0.2, -0.15) is 0 Å². The number of benzene rings is 1. The molecule has 0 aromatic heterocycles. The molecule has 0 bridgehead atoms. The van der Waals surface area contributed by atoms with Gasteiger partial charge in [-0.15, -0.1) is 0 Å². The molecule has 3 heteroatoms. The van der Waals surface area contributed by atoms with Gasteiger partial charge in [0.2, 0.25) is 5.91 Å². The van der Waals surface area contributed by atoms with Crippen LogP contribution in [0, 0.1) is 18.3 Å². The van der Waals surface area contributed by atoms with Crippen LogP contribution in [0.5, 0.6) is 0 Å². The molecule has 1 fully saturated rings. The maximum absolute atomic E-state index is 12.2. The van der Waals surface area contributed by atoms with Crippen molar-refractivity contribution in [2.24, 2.45) is 17.1 Å². The molecule has 0 saturated heterocycles. The van der Waals surface area contributed by atoms with Crippen LogP contribution < -0.4 is 11.1 Å². The standard InChI is InChI=1S/C17H26N2O/c1-12(2)10-17(8-9-17)11-19-16(20)15(18)14-6-4-13(3)5-7-14/h4-7,12,15H,8-11,18H2,1-3H3,(H,19,20). The number of amides is 1. The third kappa shape index (κ3) is 3.83. The van der Waals surface area contributed by atoms with Crippen molar-refractivity contribution in [3.05, 3.63) is 35.4 Å². The minimum Gasteiger partial charge on any atom is -0.354 e. The summed E-state index contributed by atoms with van der Waals surface area (Å²) >= 11 is 0. The van der Waals surface area contributed by atoms with E-state index in [1.807, 2.05) is 31.2 Å². The van der Waals surface area contributed by atoms with Crippen molar-refractivity contribution in [3.8, 4) is 0 Å². The quantitative estimate of drug-likeness (QED) is 0.838. The van der Waals surface area contributed by atoms with Gasteiger partial charge in [-0.1, -0.05) is 43.7 Å². The Kier molecular flexibility index (Phi) is 4.48. The smallest absolute Gasteiger partial charge is 0.241 e. The zero-order valence-electron chi connectivity index (χ0n) is 12.8. The van der Waals surface area contributed by atoms with Crippen molar-refractivity contribution in [3.63, 3.8) is 0 Å². The first kappa shape index (κ1) is 15.0. The highest BCUT2D eigenvalue weighted by molar-refractivity contribution is 5.83. The summed E-state index contributed by atoms with van der Waals surface area (Å²) in [6.45, 7) is 7.27. The number of aryl methyl sites for hydroxylation is 1. The van der Waals surface area contributed by atoms with Gasteiger partial charge in [0.15, 0.2) is 0 Å². The first-order valence-corrected chi connectivity index (χ1v) is 7.52. The van der Waals surface area contributed by atoms with Crippen LogP contribution >= 0.6 is 0 Å².